The van der Waals surface area contributed by atoms with Crippen LogP contribution in [0.1, 0.15) is 24.8 Å². The van der Waals surface area contributed by atoms with Crippen molar-refractivity contribution < 1.29 is 14.6 Å². The highest BCUT2D eigenvalue weighted by atomic mass is 79.9. The second-order valence-electron chi connectivity index (χ2n) is 3.32. The number of carbonyl (C=O) groups is 1. The van der Waals surface area contributed by atoms with E-state index in [1.54, 1.807) is 6.07 Å². The number of carbonyl (C=O) groups excluding carboxylic acids is 1. The molecule has 0 saturated carbocycles. The van der Waals surface area contributed by atoms with E-state index in [9.17, 15) is 9.90 Å². The van der Waals surface area contributed by atoms with Crippen molar-refractivity contribution in [2.24, 2.45) is 0 Å². The third-order valence-corrected chi connectivity index (χ3v) is 2.94. The summed E-state index contributed by atoms with van der Waals surface area (Å²) >= 11 is 3.21. The van der Waals surface area contributed by atoms with Crippen LogP contribution in [0.3, 0.4) is 0 Å². The van der Waals surface area contributed by atoms with Gasteiger partial charge in [0.2, 0.25) is 0 Å². The Hall–Kier alpha value is -1.03. The number of methoxy groups -OCH3 is 1. The molecule has 0 aliphatic heterocycles. The summed E-state index contributed by atoms with van der Waals surface area (Å²) in [7, 11) is 1.50. The van der Waals surface area contributed by atoms with Crippen molar-refractivity contribution >= 4 is 22.2 Å². The van der Waals surface area contributed by atoms with Crippen LogP contribution in [0.15, 0.2) is 16.6 Å². The molecule has 1 atom stereocenters. The molecule has 15 heavy (non-hydrogen) atoms. The van der Waals surface area contributed by atoms with E-state index in [0.717, 1.165) is 11.8 Å². The minimum atomic E-state index is 0.0384. The lowest BCUT2D eigenvalue weighted by Crippen LogP contribution is -1.99. The second kappa shape index (κ2) is 5.16. The first-order valence-electron chi connectivity index (χ1n) is 4.60. The Labute approximate surface area is 97.2 Å². The van der Waals surface area contributed by atoms with Crippen LogP contribution in [0, 0.1) is 0 Å². The number of ether oxygens (including phenoxy) is 1. The van der Waals surface area contributed by atoms with Gasteiger partial charge in [0.15, 0.2) is 11.5 Å². The minimum absolute atomic E-state index is 0.0384. The molecule has 0 aromatic heterocycles. The molecule has 82 valence electrons. The summed E-state index contributed by atoms with van der Waals surface area (Å²) in [6.07, 6.45) is 1.28. The van der Waals surface area contributed by atoms with Crippen molar-refractivity contribution in [1.29, 1.82) is 0 Å². The molecule has 1 unspecified atom stereocenters. The normalized spacial score (nSPS) is 12.2. The molecule has 1 N–H and O–H groups in total. The Bertz CT molecular complexity index is 363. The smallest absolute Gasteiger partial charge is 0.172 e. The molecule has 0 bridgehead atoms. The highest BCUT2D eigenvalue weighted by molar-refractivity contribution is 9.10. The van der Waals surface area contributed by atoms with Gasteiger partial charge in [-0.1, -0.05) is 13.0 Å². The van der Waals surface area contributed by atoms with Crippen LogP contribution < -0.4 is 4.74 Å². The van der Waals surface area contributed by atoms with Gasteiger partial charge >= 0.3 is 0 Å². The maximum absolute atomic E-state index is 10.4. The van der Waals surface area contributed by atoms with Gasteiger partial charge in [-0.3, -0.25) is 0 Å². The van der Waals surface area contributed by atoms with Crippen LogP contribution in [0.5, 0.6) is 11.5 Å². The van der Waals surface area contributed by atoms with E-state index in [-0.39, 0.29) is 11.7 Å². The van der Waals surface area contributed by atoms with Gasteiger partial charge in [-0.05, 0) is 27.9 Å². The molecule has 0 heterocycles. The molecule has 0 fully saturated rings. The number of rotatable bonds is 4. The van der Waals surface area contributed by atoms with E-state index in [0.29, 0.717) is 16.6 Å². The van der Waals surface area contributed by atoms with Crippen molar-refractivity contribution in [3.8, 4) is 11.5 Å². The van der Waals surface area contributed by atoms with Crippen molar-refractivity contribution in [3.05, 3.63) is 22.2 Å². The van der Waals surface area contributed by atoms with E-state index >= 15 is 0 Å². The summed E-state index contributed by atoms with van der Waals surface area (Å²) in [6, 6.07) is 3.59. The Kier molecular flexibility index (Phi) is 4.15. The van der Waals surface area contributed by atoms with Crippen molar-refractivity contribution in [3.63, 3.8) is 0 Å². The number of hydrogen-bond donors (Lipinski definition) is 1. The first kappa shape index (κ1) is 12.0. The largest absolute Gasteiger partial charge is 0.503 e. The van der Waals surface area contributed by atoms with Gasteiger partial charge in [-0.2, -0.15) is 0 Å². The van der Waals surface area contributed by atoms with Gasteiger partial charge in [-0.15, -0.1) is 0 Å². The van der Waals surface area contributed by atoms with Crippen LogP contribution in [0.25, 0.3) is 0 Å². The molecule has 0 spiro atoms. The lowest BCUT2D eigenvalue weighted by molar-refractivity contribution is -0.108. The van der Waals surface area contributed by atoms with Gasteiger partial charge in [0.05, 0.1) is 11.6 Å². The fourth-order valence-electron chi connectivity index (χ4n) is 1.44. The van der Waals surface area contributed by atoms with Gasteiger partial charge in [0, 0.05) is 12.0 Å². The summed E-state index contributed by atoms with van der Waals surface area (Å²) in [5, 5.41) is 9.74. The van der Waals surface area contributed by atoms with Crippen LogP contribution in [-0.4, -0.2) is 18.5 Å². The molecule has 4 heteroatoms. The minimum Gasteiger partial charge on any atom is -0.503 e. The molecule has 0 aliphatic rings. The maximum Gasteiger partial charge on any atom is 0.172 e. The van der Waals surface area contributed by atoms with Crippen LogP contribution in [-0.2, 0) is 4.79 Å². The SMILES string of the molecule is COc1c(C(C)CC=O)ccc(Br)c1O. The van der Waals surface area contributed by atoms with E-state index in [1.807, 2.05) is 13.0 Å². The van der Waals surface area contributed by atoms with Crippen LogP contribution >= 0.6 is 15.9 Å². The zero-order valence-electron chi connectivity index (χ0n) is 8.66. The van der Waals surface area contributed by atoms with Gasteiger partial charge in [0.1, 0.15) is 6.29 Å². The van der Waals surface area contributed by atoms with Crippen molar-refractivity contribution in [2.45, 2.75) is 19.3 Å². The average Bonchev–Trinajstić information content (AvgIpc) is 2.22. The molecule has 0 amide bonds. The van der Waals surface area contributed by atoms with E-state index < -0.39 is 0 Å². The number of hydrogen-bond acceptors (Lipinski definition) is 3. The summed E-state index contributed by atoms with van der Waals surface area (Å²) in [4.78, 5) is 10.4. The quantitative estimate of drug-likeness (QED) is 0.858. The van der Waals surface area contributed by atoms with E-state index in [2.05, 4.69) is 15.9 Å². The standard InChI is InChI=1S/C11H13BrO3/c1-7(5-6-13)8-3-4-9(12)10(14)11(8)15-2/h3-4,6-7,14H,5H2,1-2H3. The Morgan fingerprint density at radius 1 is 1.60 bits per heavy atom. The second-order valence-corrected chi connectivity index (χ2v) is 4.18. The molecule has 0 saturated heterocycles. The fourth-order valence-corrected chi connectivity index (χ4v) is 1.75. The van der Waals surface area contributed by atoms with E-state index in [4.69, 9.17) is 4.74 Å². The van der Waals surface area contributed by atoms with Crippen molar-refractivity contribution in [1.82, 2.24) is 0 Å². The lowest BCUT2D eigenvalue weighted by atomic mass is 9.97. The highest BCUT2D eigenvalue weighted by Gasteiger charge is 2.16. The molecule has 1 aromatic carbocycles. The first-order chi connectivity index (χ1) is 7.11. The summed E-state index contributed by atoms with van der Waals surface area (Å²) in [6.45, 7) is 1.92. The first-order valence-corrected chi connectivity index (χ1v) is 5.40. The monoisotopic (exact) mass is 272 g/mol. The Balaban J connectivity index is 3.17. The van der Waals surface area contributed by atoms with Crippen molar-refractivity contribution in [2.75, 3.05) is 7.11 Å². The maximum atomic E-state index is 10.4. The van der Waals surface area contributed by atoms with E-state index in [1.165, 1.54) is 7.11 Å². The summed E-state index contributed by atoms with van der Waals surface area (Å²) in [5.74, 6) is 0.544. The number of phenolic OH excluding ortho intramolecular Hbond substituents is 1. The van der Waals surface area contributed by atoms with Crippen LogP contribution in [0.2, 0.25) is 0 Å². The molecular weight excluding hydrogens is 260 g/mol. The number of aromatic hydroxyl groups is 1. The van der Waals surface area contributed by atoms with Gasteiger partial charge in [0.25, 0.3) is 0 Å². The lowest BCUT2D eigenvalue weighted by Gasteiger charge is -2.15. The average molecular weight is 273 g/mol. The predicted molar refractivity (Wildman–Crippen MR) is 61.5 cm³/mol. The molecule has 1 rings (SSSR count). The third kappa shape index (κ3) is 2.50. The molecule has 3 nitrogen and oxygen atoms in total. The summed E-state index contributed by atoms with van der Waals surface area (Å²) < 4.78 is 5.71. The number of benzene rings is 1. The van der Waals surface area contributed by atoms with Crippen LogP contribution in [0.4, 0.5) is 0 Å². The topological polar surface area (TPSA) is 46.5 Å². The number of halogens is 1. The van der Waals surface area contributed by atoms with Gasteiger partial charge < -0.3 is 14.6 Å². The third-order valence-electron chi connectivity index (χ3n) is 2.30. The number of phenols is 1. The molecule has 1 aromatic rings. The number of aldehydes is 1. The Morgan fingerprint density at radius 3 is 2.80 bits per heavy atom. The summed E-state index contributed by atoms with van der Waals surface area (Å²) in [5.41, 5.74) is 0.838. The Morgan fingerprint density at radius 2 is 2.27 bits per heavy atom. The predicted octanol–water partition coefficient (Wildman–Crippen LogP) is 2.86. The van der Waals surface area contributed by atoms with Gasteiger partial charge in [-0.25, -0.2) is 0 Å². The highest BCUT2D eigenvalue weighted by Crippen LogP contribution is 2.40. The fraction of sp³-hybridized carbons (Fsp3) is 0.364. The molecular formula is C11H13BrO3. The molecule has 0 radical (unpaired) electrons. The zero-order valence-corrected chi connectivity index (χ0v) is 10.2. The molecule has 0 aliphatic carbocycles. The zero-order chi connectivity index (χ0) is 11.4.